The van der Waals surface area contributed by atoms with Gasteiger partial charge in [-0.25, -0.2) is 0 Å². The summed E-state index contributed by atoms with van der Waals surface area (Å²) in [7, 11) is 7.95. The summed E-state index contributed by atoms with van der Waals surface area (Å²) in [6.07, 6.45) is 1.76. The summed E-state index contributed by atoms with van der Waals surface area (Å²) < 4.78 is 11.4. The van der Waals surface area contributed by atoms with Gasteiger partial charge in [0.1, 0.15) is 12.0 Å². The minimum Gasteiger partial charge on any atom is -0.497 e. The van der Waals surface area contributed by atoms with Crippen LogP contribution < -0.4 is 14.5 Å². The second kappa shape index (κ2) is 10.7. The van der Waals surface area contributed by atoms with Crippen LogP contribution in [0.3, 0.4) is 0 Å². The Labute approximate surface area is 197 Å². The molecule has 0 spiro atoms. The third-order valence-corrected chi connectivity index (χ3v) is 5.95. The topological polar surface area (TPSA) is 48.2 Å². The Balaban J connectivity index is 1.56. The average Bonchev–Trinajstić information content (AvgIpc) is 3.27. The van der Waals surface area contributed by atoms with E-state index in [1.165, 1.54) is 11.3 Å². The predicted octanol–water partition coefficient (Wildman–Crippen LogP) is 3.70. The highest BCUT2D eigenvalue weighted by Crippen LogP contribution is 2.24. The van der Waals surface area contributed by atoms with Gasteiger partial charge in [-0.3, -0.25) is 0 Å². The molecule has 1 aliphatic heterocycles. The van der Waals surface area contributed by atoms with Crippen LogP contribution in [0.25, 0.3) is 0 Å². The van der Waals surface area contributed by atoms with Crippen LogP contribution in [0.15, 0.2) is 59.2 Å². The molecule has 176 valence electrons. The number of likely N-dealkylation sites (N-methyl/N-ethyl adjacent to an activating group) is 1. The maximum Gasteiger partial charge on any atom is 0.298 e. The first-order valence-corrected chi connectivity index (χ1v) is 11.5. The minimum absolute atomic E-state index is 0.639. The smallest absolute Gasteiger partial charge is 0.298 e. The van der Waals surface area contributed by atoms with E-state index in [0.29, 0.717) is 19.1 Å². The lowest BCUT2D eigenvalue weighted by Gasteiger charge is -2.34. The second-order valence-corrected chi connectivity index (χ2v) is 9.03. The maximum atomic E-state index is 5.93. The molecule has 1 saturated heterocycles. The van der Waals surface area contributed by atoms with Gasteiger partial charge in [-0.1, -0.05) is 24.3 Å². The monoisotopic (exact) mass is 449 g/mol. The molecule has 0 aliphatic carbocycles. The van der Waals surface area contributed by atoms with Crippen LogP contribution in [0.5, 0.6) is 5.75 Å². The lowest BCUT2D eigenvalue weighted by atomic mass is 10.1. The summed E-state index contributed by atoms with van der Waals surface area (Å²) >= 11 is 0. The van der Waals surface area contributed by atoms with Crippen molar-refractivity contribution in [3.8, 4) is 5.75 Å². The maximum absolute atomic E-state index is 5.93. The third-order valence-electron chi connectivity index (χ3n) is 5.95. The molecule has 33 heavy (non-hydrogen) atoms. The number of ether oxygens (including phenoxy) is 1. The van der Waals surface area contributed by atoms with Crippen molar-refractivity contribution >= 4 is 11.7 Å². The van der Waals surface area contributed by atoms with Crippen molar-refractivity contribution < 1.29 is 9.15 Å². The summed E-state index contributed by atoms with van der Waals surface area (Å²) in [6.45, 7) is 6.44. The van der Waals surface area contributed by atoms with Gasteiger partial charge in [-0.05, 0) is 56.5 Å². The third kappa shape index (κ3) is 6.27. The first kappa shape index (κ1) is 23.1. The molecule has 7 nitrogen and oxygen atoms in total. The quantitative estimate of drug-likeness (QED) is 0.494. The highest BCUT2D eigenvalue weighted by atomic mass is 16.5. The molecule has 0 N–H and O–H groups in total. The summed E-state index contributed by atoms with van der Waals surface area (Å²) in [5.41, 5.74) is 4.60. The molecule has 1 aromatic heterocycles. The van der Waals surface area contributed by atoms with Crippen molar-refractivity contribution in [2.75, 3.05) is 64.2 Å². The summed E-state index contributed by atoms with van der Waals surface area (Å²) in [5.74, 6) is 0.852. The molecule has 4 rings (SSSR count). The highest BCUT2D eigenvalue weighted by molar-refractivity contribution is 5.50. The Hall–Kier alpha value is -3.03. The van der Waals surface area contributed by atoms with E-state index >= 15 is 0 Å². The zero-order valence-corrected chi connectivity index (χ0v) is 20.2. The van der Waals surface area contributed by atoms with Crippen LogP contribution >= 0.6 is 0 Å². The largest absolute Gasteiger partial charge is 0.497 e. The number of nitrogens with zero attached hydrogens (tertiary/aromatic N) is 5. The van der Waals surface area contributed by atoms with Crippen LogP contribution in [0.2, 0.25) is 0 Å². The van der Waals surface area contributed by atoms with Crippen molar-refractivity contribution in [1.82, 2.24) is 14.8 Å². The molecule has 2 heterocycles. The number of oxazole rings is 1. The minimum atomic E-state index is 0.639. The van der Waals surface area contributed by atoms with Gasteiger partial charge >= 0.3 is 0 Å². The lowest BCUT2D eigenvalue weighted by molar-refractivity contribution is 0.313. The van der Waals surface area contributed by atoms with E-state index in [2.05, 4.69) is 63.0 Å². The zero-order valence-electron chi connectivity index (χ0n) is 20.2. The molecule has 1 fully saturated rings. The lowest BCUT2D eigenvalue weighted by Crippen LogP contribution is -2.44. The Morgan fingerprint density at radius 1 is 0.939 bits per heavy atom. The number of piperazine rings is 1. The van der Waals surface area contributed by atoms with Crippen LogP contribution in [-0.2, 0) is 19.6 Å². The van der Waals surface area contributed by atoms with Crippen LogP contribution in [0.1, 0.15) is 16.8 Å². The second-order valence-electron chi connectivity index (χ2n) is 9.03. The molecular formula is C26H35N5O2. The number of benzene rings is 2. The number of methoxy groups -OCH3 is 1. The summed E-state index contributed by atoms with van der Waals surface area (Å²) in [6, 6.07) is 17.6. The van der Waals surface area contributed by atoms with Crippen molar-refractivity contribution in [2.45, 2.75) is 19.6 Å². The van der Waals surface area contributed by atoms with Gasteiger partial charge in [0.25, 0.3) is 6.01 Å². The van der Waals surface area contributed by atoms with Gasteiger partial charge < -0.3 is 28.8 Å². The molecule has 0 saturated carbocycles. The molecular weight excluding hydrogens is 414 g/mol. The Morgan fingerprint density at radius 2 is 1.64 bits per heavy atom. The van der Waals surface area contributed by atoms with Gasteiger partial charge in [0, 0.05) is 51.5 Å². The van der Waals surface area contributed by atoms with Gasteiger partial charge in [0.2, 0.25) is 0 Å². The number of hydrogen-bond acceptors (Lipinski definition) is 7. The number of hydrogen-bond donors (Lipinski definition) is 0. The SMILES string of the molecule is COc1cccc(CN(Cc2cccc(N3CCN(C)CC3)c2)c2nc(CN(C)C)co2)c1. The fourth-order valence-electron chi connectivity index (χ4n) is 4.16. The van der Waals surface area contributed by atoms with Crippen molar-refractivity contribution in [3.63, 3.8) is 0 Å². The van der Waals surface area contributed by atoms with Crippen LogP contribution in [0, 0.1) is 0 Å². The van der Waals surface area contributed by atoms with E-state index in [1.54, 1.807) is 13.4 Å². The van der Waals surface area contributed by atoms with E-state index in [-0.39, 0.29) is 0 Å². The average molecular weight is 450 g/mol. The molecule has 0 bridgehead atoms. The van der Waals surface area contributed by atoms with E-state index in [9.17, 15) is 0 Å². The standard InChI is InChI=1S/C26H35N5O2/c1-28(2)19-23-20-33-26(27-23)31(18-22-8-6-10-25(16-22)32-4)17-21-7-5-9-24(15-21)30-13-11-29(3)12-14-30/h5-10,15-16,20H,11-14,17-19H2,1-4H3. The van der Waals surface area contributed by atoms with Crippen molar-refractivity contribution in [1.29, 1.82) is 0 Å². The first-order valence-electron chi connectivity index (χ1n) is 11.5. The Kier molecular flexibility index (Phi) is 7.52. The fraction of sp³-hybridized carbons (Fsp3) is 0.423. The summed E-state index contributed by atoms with van der Waals surface area (Å²) in [5, 5.41) is 0. The highest BCUT2D eigenvalue weighted by Gasteiger charge is 2.18. The molecule has 2 aromatic carbocycles. The Morgan fingerprint density at radius 3 is 2.33 bits per heavy atom. The molecule has 7 heteroatoms. The Bertz CT molecular complexity index is 1030. The van der Waals surface area contributed by atoms with Gasteiger partial charge in [-0.15, -0.1) is 0 Å². The van der Waals surface area contributed by atoms with Crippen molar-refractivity contribution in [2.24, 2.45) is 0 Å². The molecule has 3 aromatic rings. The summed E-state index contributed by atoms with van der Waals surface area (Å²) in [4.78, 5) is 13.9. The van der Waals surface area contributed by atoms with E-state index < -0.39 is 0 Å². The fourth-order valence-corrected chi connectivity index (χ4v) is 4.16. The predicted molar refractivity (Wildman–Crippen MR) is 133 cm³/mol. The molecule has 1 aliphatic rings. The van der Waals surface area contributed by atoms with E-state index in [0.717, 1.165) is 49.7 Å². The van der Waals surface area contributed by atoms with Gasteiger partial charge in [-0.2, -0.15) is 4.98 Å². The zero-order chi connectivity index (χ0) is 23.2. The number of anilines is 2. The van der Waals surface area contributed by atoms with Crippen LogP contribution in [-0.4, -0.2) is 69.2 Å². The van der Waals surface area contributed by atoms with Gasteiger partial charge in [0.05, 0.1) is 12.8 Å². The molecule has 0 radical (unpaired) electrons. The first-order chi connectivity index (χ1) is 16.0. The van der Waals surface area contributed by atoms with Crippen molar-refractivity contribution in [3.05, 3.63) is 71.6 Å². The number of rotatable bonds is 9. The van der Waals surface area contributed by atoms with E-state index in [1.807, 2.05) is 26.2 Å². The molecule has 0 amide bonds. The van der Waals surface area contributed by atoms with Gasteiger partial charge in [0.15, 0.2) is 0 Å². The van der Waals surface area contributed by atoms with E-state index in [4.69, 9.17) is 14.1 Å². The normalized spacial score (nSPS) is 14.6. The number of aromatic nitrogens is 1. The molecule has 0 unspecified atom stereocenters. The molecule has 0 atom stereocenters. The van der Waals surface area contributed by atoms with Crippen LogP contribution in [0.4, 0.5) is 11.7 Å².